The molecule has 0 aromatic heterocycles. The molecular weight excluding hydrogens is 1010 g/mol. The zero-order chi connectivity index (χ0) is 54.5. The summed E-state index contributed by atoms with van der Waals surface area (Å²) in [5.74, 6) is 1.95. The molecular formula is C67H69N3O10. The van der Waals surface area contributed by atoms with E-state index in [1.54, 1.807) is 19.1 Å². The van der Waals surface area contributed by atoms with Gasteiger partial charge in [-0.05, 0) is 131 Å². The second-order valence-corrected chi connectivity index (χ2v) is 26.8. The van der Waals surface area contributed by atoms with Gasteiger partial charge in [0.15, 0.2) is 0 Å². The van der Waals surface area contributed by atoms with E-state index in [-0.39, 0.29) is 71.0 Å². The number of ether oxygens (including phenoxy) is 8. The van der Waals surface area contributed by atoms with Crippen LogP contribution in [0.3, 0.4) is 0 Å². The number of likely N-dealkylation sites (tertiary alicyclic amines) is 1. The minimum atomic E-state index is -1.28. The number of methoxy groups -OCH3 is 6. The van der Waals surface area contributed by atoms with E-state index >= 15 is 9.59 Å². The Bertz CT molecular complexity index is 3340. The van der Waals surface area contributed by atoms with Crippen LogP contribution in [0.2, 0.25) is 0 Å². The largest absolute Gasteiger partial charge is 0.496 e. The number of imide groups is 1. The minimum Gasteiger partial charge on any atom is -0.496 e. The van der Waals surface area contributed by atoms with Crippen molar-refractivity contribution in [3.8, 4) is 45.9 Å². The molecule has 13 aliphatic rings. The van der Waals surface area contributed by atoms with Gasteiger partial charge in [0.1, 0.15) is 40.0 Å². The highest BCUT2D eigenvalue weighted by molar-refractivity contribution is 6.15. The molecule has 8 aliphatic carbocycles. The van der Waals surface area contributed by atoms with E-state index in [2.05, 4.69) is 79.7 Å². The van der Waals surface area contributed by atoms with Crippen LogP contribution in [-0.2, 0) is 38.0 Å². The zero-order valence-electron chi connectivity index (χ0n) is 46.7. The number of amides is 2. The Hall–Kier alpha value is -5.64. The van der Waals surface area contributed by atoms with E-state index in [0.717, 1.165) is 75.8 Å². The lowest BCUT2D eigenvalue weighted by atomic mass is 9.22. The third-order valence-corrected chi connectivity index (χ3v) is 26.1. The first kappa shape index (κ1) is 49.0. The number of nitriles is 2. The van der Waals surface area contributed by atoms with Gasteiger partial charge >= 0.3 is 0 Å². The summed E-state index contributed by atoms with van der Waals surface area (Å²) in [5.41, 5.74) is 3.79. The molecule has 22 atom stereocenters. The van der Waals surface area contributed by atoms with Crippen molar-refractivity contribution in [2.45, 2.75) is 75.3 Å². The van der Waals surface area contributed by atoms with Crippen LogP contribution in [0.1, 0.15) is 62.0 Å². The first-order valence-corrected chi connectivity index (χ1v) is 29.7. The Kier molecular flexibility index (Phi) is 9.75. The number of hydrogen-bond donors (Lipinski definition) is 0. The third kappa shape index (κ3) is 4.49. The molecule has 4 aromatic carbocycles. The van der Waals surface area contributed by atoms with Crippen molar-refractivity contribution in [2.24, 2.45) is 91.7 Å². The Morgan fingerprint density at radius 1 is 0.575 bits per heavy atom. The summed E-state index contributed by atoms with van der Waals surface area (Å²) in [7, 11) is 10.8. The van der Waals surface area contributed by atoms with E-state index < -0.39 is 56.9 Å². The van der Waals surface area contributed by atoms with Crippen LogP contribution in [0.25, 0.3) is 33.0 Å². The molecule has 13 nitrogen and oxygen atoms in total. The lowest BCUT2D eigenvalue weighted by Crippen LogP contribution is -2.85. The summed E-state index contributed by atoms with van der Waals surface area (Å²) in [5, 5.41) is 22.9. The highest BCUT2D eigenvalue weighted by Crippen LogP contribution is 2.98. The normalized spacial score (nSPS) is 45.4. The molecule has 10 bridgehead atoms. The number of hydrogen-bond acceptors (Lipinski definition) is 12. The standard InChI is InChI=1S/C67H69N3O10/c1-8-23-70-60(71)66-56-52-53(63(29-74-3)38-24-37(62(52,63)28-73-2)46-35-19-20-36(47(38)46)43(35)34(26-68)27-69)57(79-56)67(66,61(70)72)59-55-54(58(66)80-59)64(30-75-4)39-25-40(65(55,64)31-76-5)49-45(33-17-13-10-14-18-33)51-42(78-7)22-21-41(77-6)50(51)44(48(39)49)32-15-11-9-12-16-32/h9-18,21-22,35-40,46-47,52-59H,8,19-20,23-25,28-31H2,1-7H3/t35-,36+,37-,38+,39-,40+,46+,47-,52+,53-,54-,55+,56+,57-,58-,59+,62-,63+,64-,65+,66-,67+. The number of allylic oxidation sites excluding steroid dienone is 2. The number of fused-ring (bicyclic) bond motifs is 35. The SMILES string of the molecule is CCCN1C(=O)[C@@]23[C@@H]4O[C@@H]([C@@H]5[C@H]4[C@@]4(COC)[C@@H]6C[C@@H](c7c6c(-c6ccccc6)c6c(OC)ccc(OC)c6c7-c6ccccc6)[C@@]54COC)[C@]2(C1=O)[C@@H]1O[C@H]3[C@@H]2[C@H]1[C@]1(COC)[C@H]3C[C@H]([C@H]4[C@@H]3[C@H]3CC[C@@H]4C3=C(C#N)C#N)[C@]21COC. The summed E-state index contributed by atoms with van der Waals surface area (Å²) in [6, 6.07) is 30.2. The van der Waals surface area contributed by atoms with E-state index in [0.29, 0.717) is 56.8 Å². The average Bonchev–Trinajstić information content (AvgIpc) is 1.56. The number of rotatable bonds is 14. The average molecular weight is 1080 g/mol. The molecule has 0 unspecified atom stereocenters. The van der Waals surface area contributed by atoms with Gasteiger partial charge in [0.2, 0.25) is 11.8 Å². The van der Waals surface area contributed by atoms with E-state index in [1.807, 2.05) is 40.6 Å². The van der Waals surface area contributed by atoms with Crippen LogP contribution in [0, 0.1) is 114 Å². The van der Waals surface area contributed by atoms with Gasteiger partial charge in [-0.3, -0.25) is 14.5 Å². The minimum absolute atomic E-state index is 0.0658. The molecule has 17 rings (SSSR count). The van der Waals surface area contributed by atoms with Crippen LogP contribution in [0.15, 0.2) is 83.9 Å². The topological polar surface area (TPSA) is 159 Å². The Morgan fingerprint density at radius 3 is 1.35 bits per heavy atom. The third-order valence-electron chi connectivity index (χ3n) is 26.1. The fourth-order valence-electron chi connectivity index (χ4n) is 25.5. The second-order valence-electron chi connectivity index (χ2n) is 26.8. The van der Waals surface area contributed by atoms with Crippen molar-refractivity contribution in [2.75, 3.05) is 75.6 Å². The number of benzene rings is 4. The number of carbonyl (C=O) groups excluding carboxylic acids is 2. The van der Waals surface area contributed by atoms with Gasteiger partial charge in [-0.1, -0.05) is 67.6 Å². The first-order chi connectivity index (χ1) is 39.1. The van der Waals surface area contributed by atoms with E-state index in [4.69, 9.17) is 37.9 Å². The highest BCUT2D eigenvalue weighted by Gasteiger charge is 3.05. The van der Waals surface area contributed by atoms with E-state index in [1.165, 1.54) is 11.1 Å². The predicted molar refractivity (Wildman–Crippen MR) is 291 cm³/mol. The monoisotopic (exact) mass is 1080 g/mol. The summed E-state index contributed by atoms with van der Waals surface area (Å²) >= 11 is 0. The quantitative estimate of drug-likeness (QED) is 0.0511. The molecule has 80 heavy (non-hydrogen) atoms. The summed E-state index contributed by atoms with van der Waals surface area (Å²) in [4.78, 5) is 35.0. The number of nitrogens with zero attached hydrogens (tertiary/aromatic N) is 3. The van der Waals surface area contributed by atoms with Gasteiger partial charge < -0.3 is 37.9 Å². The van der Waals surface area contributed by atoms with Crippen molar-refractivity contribution < 1.29 is 47.5 Å². The van der Waals surface area contributed by atoms with Crippen molar-refractivity contribution >= 4 is 22.6 Å². The molecule has 0 N–H and O–H groups in total. The van der Waals surface area contributed by atoms with Crippen LogP contribution in [-0.4, -0.2) is 117 Å². The molecule has 5 aliphatic heterocycles. The van der Waals surface area contributed by atoms with Crippen molar-refractivity contribution in [3.63, 3.8) is 0 Å². The van der Waals surface area contributed by atoms with Crippen LogP contribution < -0.4 is 9.47 Å². The van der Waals surface area contributed by atoms with Gasteiger partial charge in [-0.2, -0.15) is 10.5 Å². The van der Waals surface area contributed by atoms with Crippen molar-refractivity contribution in [3.05, 3.63) is 95.1 Å². The molecule has 13 heteroatoms. The highest BCUT2D eigenvalue weighted by atomic mass is 16.6. The van der Waals surface area contributed by atoms with Gasteiger partial charge in [-0.25, -0.2) is 0 Å². The molecule has 4 aromatic rings. The molecule has 12 fully saturated rings. The lowest BCUT2D eigenvalue weighted by molar-refractivity contribution is -0.330. The maximum absolute atomic E-state index is 16.7. The van der Waals surface area contributed by atoms with Gasteiger partial charge in [0.05, 0.1) is 65.1 Å². The summed E-state index contributed by atoms with van der Waals surface area (Å²) < 4.78 is 55.3. The van der Waals surface area contributed by atoms with E-state index in [9.17, 15) is 10.5 Å². The van der Waals surface area contributed by atoms with Crippen LogP contribution in [0.4, 0.5) is 0 Å². The lowest BCUT2D eigenvalue weighted by Gasteiger charge is -2.78. The summed E-state index contributed by atoms with van der Waals surface area (Å²) in [6.07, 6.45) is 1.99. The Morgan fingerprint density at radius 2 is 0.975 bits per heavy atom. The molecule has 412 valence electrons. The van der Waals surface area contributed by atoms with Gasteiger partial charge in [-0.15, -0.1) is 0 Å². The second kappa shape index (κ2) is 15.9. The fourth-order valence-corrected chi connectivity index (χ4v) is 25.5. The van der Waals surface area contributed by atoms with Gasteiger partial charge in [0.25, 0.3) is 0 Å². The fraction of sp³-hybridized carbons (Fsp3) is 0.582. The zero-order valence-corrected chi connectivity index (χ0v) is 46.7. The molecule has 2 amide bonds. The van der Waals surface area contributed by atoms with Crippen molar-refractivity contribution in [1.82, 2.24) is 4.90 Å². The molecule has 7 saturated carbocycles. The Labute approximate surface area is 467 Å². The number of carbonyl (C=O) groups is 2. The van der Waals surface area contributed by atoms with Gasteiger partial charge in [0, 0.05) is 91.1 Å². The molecule has 0 radical (unpaired) electrons. The Balaban J connectivity index is 0.915. The first-order valence-electron chi connectivity index (χ1n) is 29.7. The molecule has 0 spiro atoms. The predicted octanol–water partition coefficient (Wildman–Crippen LogP) is 9.38. The maximum Gasteiger partial charge on any atom is 0.242 e. The van der Waals surface area contributed by atoms with Crippen LogP contribution in [0.5, 0.6) is 11.5 Å². The smallest absolute Gasteiger partial charge is 0.242 e. The maximum atomic E-state index is 16.7. The molecule has 5 saturated heterocycles. The van der Waals surface area contributed by atoms with Crippen molar-refractivity contribution in [1.29, 1.82) is 10.5 Å². The van der Waals surface area contributed by atoms with Crippen LogP contribution >= 0.6 is 0 Å². The summed E-state index contributed by atoms with van der Waals surface area (Å²) in [6.45, 7) is 4.21. The molecule has 5 heterocycles.